The highest BCUT2D eigenvalue weighted by Crippen LogP contribution is 2.70. The number of hydrogen-bond donors (Lipinski definition) is 0. The minimum absolute atomic E-state index is 0.281. The van der Waals surface area contributed by atoms with Crippen molar-refractivity contribution in [3.63, 3.8) is 0 Å². The molecule has 1 heterocycles. The van der Waals surface area contributed by atoms with Gasteiger partial charge in [-0.25, -0.2) is 0 Å². The maximum atomic E-state index is 12.9. The van der Waals surface area contributed by atoms with Crippen molar-refractivity contribution in [2.45, 2.75) is 46.3 Å². The van der Waals surface area contributed by atoms with Gasteiger partial charge in [0.1, 0.15) is 0 Å². The molecule has 0 spiro atoms. The number of nitrogens with zero attached hydrogens (tertiary/aromatic N) is 2. The van der Waals surface area contributed by atoms with Crippen LogP contribution in [0.2, 0.25) is 0 Å². The fraction of sp³-hybridized carbons (Fsp3) is 0.733. The Morgan fingerprint density at radius 1 is 1.04 bits per heavy atom. The predicted molar refractivity (Wildman–Crippen MR) is 102 cm³/mol. The average molecular weight is 394 g/mol. The molecule has 1 unspecified atom stereocenters. The largest absolute Gasteiger partial charge is 0.478 e. The molecule has 0 aliphatic rings. The number of unbranched alkanes of at least 4 members (excludes halogenated alkanes) is 1. The fourth-order valence-electron chi connectivity index (χ4n) is 1.67. The lowest BCUT2D eigenvalue weighted by molar-refractivity contribution is 0.288. The van der Waals surface area contributed by atoms with Gasteiger partial charge in [0.15, 0.2) is 0 Å². The Bertz CT molecular complexity index is 510. The molecule has 0 saturated heterocycles. The molecule has 0 N–H and O–H groups in total. The van der Waals surface area contributed by atoms with Crippen LogP contribution in [0.4, 0.5) is 0 Å². The molecule has 1 rings (SSSR count). The van der Waals surface area contributed by atoms with E-state index in [1.165, 1.54) is 22.8 Å². The van der Waals surface area contributed by atoms with Crippen LogP contribution in [0, 0.1) is 0 Å². The van der Waals surface area contributed by atoms with Crippen LogP contribution < -0.4 is 9.47 Å². The second-order valence-corrected chi connectivity index (χ2v) is 12.2. The zero-order valence-corrected chi connectivity index (χ0v) is 17.3. The summed E-state index contributed by atoms with van der Waals surface area (Å²) in [6, 6.07) is 2.04. The van der Waals surface area contributed by atoms with Crippen molar-refractivity contribution in [2.75, 3.05) is 25.6 Å². The summed E-state index contributed by atoms with van der Waals surface area (Å²) in [4.78, 5) is 8.53. The summed E-state index contributed by atoms with van der Waals surface area (Å²) in [6.07, 6.45) is 2.10. The molecule has 0 amide bonds. The Kier molecular flexibility index (Phi) is 10.8. The van der Waals surface area contributed by atoms with Crippen LogP contribution in [0.3, 0.4) is 0 Å². The molecule has 1 aromatic heterocycles. The lowest BCUT2D eigenvalue weighted by Gasteiger charge is -2.16. The molecule has 0 radical (unpaired) electrons. The molecule has 138 valence electrons. The van der Waals surface area contributed by atoms with Gasteiger partial charge in [-0.1, -0.05) is 36.1 Å². The topological polar surface area (TPSA) is 70.5 Å². The first kappa shape index (κ1) is 21.6. The van der Waals surface area contributed by atoms with Crippen molar-refractivity contribution in [1.29, 1.82) is 0 Å². The Balaban J connectivity index is 2.79. The molecule has 9 heteroatoms. The minimum atomic E-state index is -2.78. The maximum Gasteiger partial charge on any atom is 0.319 e. The molecule has 1 aromatic rings. The third-order valence-electron chi connectivity index (χ3n) is 2.71. The maximum absolute atomic E-state index is 12.9. The number of rotatable bonds is 13. The highest BCUT2D eigenvalue weighted by atomic mass is 33.1. The summed E-state index contributed by atoms with van der Waals surface area (Å²) in [5.41, 5.74) is 0.720. The van der Waals surface area contributed by atoms with Gasteiger partial charge >= 0.3 is 11.8 Å². The number of ether oxygens (including phenoxy) is 2. The molecule has 0 bridgehead atoms. The van der Waals surface area contributed by atoms with Gasteiger partial charge in [0.05, 0.1) is 25.5 Å². The highest BCUT2D eigenvalue weighted by molar-refractivity contribution is 8.89. The minimum Gasteiger partial charge on any atom is -0.478 e. The monoisotopic (exact) mass is 394 g/mol. The van der Waals surface area contributed by atoms with Crippen LogP contribution >= 0.6 is 28.5 Å². The smallest absolute Gasteiger partial charge is 0.319 e. The van der Waals surface area contributed by atoms with E-state index in [1.807, 2.05) is 20.8 Å². The van der Waals surface area contributed by atoms with E-state index in [9.17, 15) is 4.57 Å². The van der Waals surface area contributed by atoms with E-state index in [0.717, 1.165) is 24.3 Å². The van der Waals surface area contributed by atoms with Crippen LogP contribution in [-0.2, 0) is 14.8 Å². The van der Waals surface area contributed by atoms with Crippen LogP contribution in [-0.4, -0.2) is 35.5 Å². The Morgan fingerprint density at radius 2 is 1.79 bits per heavy atom. The second kappa shape index (κ2) is 12.0. The molecule has 24 heavy (non-hydrogen) atoms. The second-order valence-electron chi connectivity index (χ2n) is 4.67. The van der Waals surface area contributed by atoms with E-state index >= 15 is 0 Å². The van der Waals surface area contributed by atoms with Gasteiger partial charge in [0.2, 0.25) is 5.88 Å². The van der Waals surface area contributed by atoms with E-state index < -0.39 is 5.77 Å². The zero-order chi connectivity index (χ0) is 17.8. The first-order chi connectivity index (χ1) is 11.6. The Hall–Kier alpha value is -0.430. The van der Waals surface area contributed by atoms with Crippen molar-refractivity contribution in [3.8, 4) is 11.9 Å². The van der Waals surface area contributed by atoms with E-state index in [4.69, 9.17) is 14.0 Å². The predicted octanol–water partition coefficient (Wildman–Crippen LogP) is 5.19. The van der Waals surface area contributed by atoms with E-state index in [2.05, 4.69) is 16.9 Å². The zero-order valence-electron chi connectivity index (χ0n) is 14.8. The van der Waals surface area contributed by atoms with Gasteiger partial charge in [-0.3, -0.25) is 4.57 Å². The van der Waals surface area contributed by atoms with Crippen LogP contribution in [0.1, 0.15) is 46.2 Å². The summed E-state index contributed by atoms with van der Waals surface area (Å²) < 4.78 is 29.2. The fourth-order valence-corrected chi connectivity index (χ4v) is 8.34. The molecule has 0 saturated carbocycles. The first-order valence-electron chi connectivity index (χ1n) is 8.24. The average Bonchev–Trinajstić information content (AvgIpc) is 2.54. The van der Waals surface area contributed by atoms with Crippen molar-refractivity contribution in [2.24, 2.45) is 0 Å². The molecule has 0 aromatic carbocycles. The van der Waals surface area contributed by atoms with Crippen molar-refractivity contribution < 1.29 is 18.6 Å². The van der Waals surface area contributed by atoms with Gasteiger partial charge < -0.3 is 14.0 Å². The molecule has 0 fully saturated rings. The molecular weight excluding hydrogens is 367 g/mol. The standard InChI is InChI=1S/C15H27N2O4PS2/c1-5-9-10-23-22(18,21-8-4)24-12-13-11-14(19-6-2)17-15(16-13)20-7-3/h11H,5-10,12H2,1-4H3. The molecule has 6 nitrogen and oxygen atoms in total. The first-order valence-corrected chi connectivity index (χ1v) is 13.0. The van der Waals surface area contributed by atoms with Crippen LogP contribution in [0.25, 0.3) is 0 Å². The third kappa shape index (κ3) is 8.10. The molecule has 0 aliphatic heterocycles. The van der Waals surface area contributed by atoms with E-state index in [0.29, 0.717) is 31.5 Å². The molecular formula is C15H27N2O4PS2. The lowest BCUT2D eigenvalue weighted by atomic mass is 10.4. The SMILES string of the molecule is CCCCSP(=O)(OCC)SCc1cc(OCC)nc(OCC)n1. The third-order valence-corrected chi connectivity index (χ3v) is 10.2. The van der Waals surface area contributed by atoms with Gasteiger partial charge in [-0.15, -0.1) is 0 Å². The summed E-state index contributed by atoms with van der Waals surface area (Å²) in [5, 5.41) is 0. The highest BCUT2D eigenvalue weighted by Gasteiger charge is 2.25. The number of hydrogen-bond acceptors (Lipinski definition) is 8. The van der Waals surface area contributed by atoms with Gasteiger partial charge in [-0.05, 0) is 27.2 Å². The van der Waals surface area contributed by atoms with Gasteiger partial charge in [0.25, 0.3) is 0 Å². The summed E-state index contributed by atoms with van der Waals surface area (Å²) in [7, 11) is 0. The summed E-state index contributed by atoms with van der Waals surface area (Å²) in [5.74, 6) is -1.03. The normalized spacial score (nSPS) is 13.5. The molecule has 0 aliphatic carbocycles. The molecule has 1 atom stereocenters. The van der Waals surface area contributed by atoms with Crippen molar-refractivity contribution in [3.05, 3.63) is 11.8 Å². The summed E-state index contributed by atoms with van der Waals surface area (Å²) >= 11 is 2.71. The van der Waals surface area contributed by atoms with E-state index in [-0.39, 0.29) is 6.01 Å². The van der Waals surface area contributed by atoms with Gasteiger partial charge in [-0.2, -0.15) is 9.97 Å². The lowest BCUT2D eigenvalue weighted by Crippen LogP contribution is -2.03. The van der Waals surface area contributed by atoms with Gasteiger partial charge in [0, 0.05) is 17.6 Å². The number of aromatic nitrogens is 2. The van der Waals surface area contributed by atoms with Crippen LogP contribution in [0.5, 0.6) is 11.9 Å². The Morgan fingerprint density at radius 3 is 2.42 bits per heavy atom. The summed E-state index contributed by atoms with van der Waals surface area (Å²) in [6.45, 7) is 9.17. The quantitative estimate of drug-likeness (QED) is 0.335. The van der Waals surface area contributed by atoms with Crippen molar-refractivity contribution in [1.82, 2.24) is 9.97 Å². The van der Waals surface area contributed by atoms with Crippen LogP contribution in [0.15, 0.2) is 6.07 Å². The van der Waals surface area contributed by atoms with E-state index in [1.54, 1.807) is 6.07 Å². The Labute approximate surface area is 152 Å². The van der Waals surface area contributed by atoms with Crippen molar-refractivity contribution >= 4 is 28.5 Å².